The third kappa shape index (κ3) is 8.19. The zero-order chi connectivity index (χ0) is 30.6. The van der Waals surface area contributed by atoms with E-state index in [0.717, 1.165) is 23.5 Å². The summed E-state index contributed by atoms with van der Waals surface area (Å²) in [5, 5.41) is 11.5. The molecule has 41 heavy (non-hydrogen) atoms. The van der Waals surface area contributed by atoms with E-state index < -0.39 is 33.4 Å². The molecule has 224 valence electrons. The molecule has 1 aliphatic rings. The van der Waals surface area contributed by atoms with Gasteiger partial charge in [-0.1, -0.05) is 52.5 Å². The van der Waals surface area contributed by atoms with Crippen molar-refractivity contribution in [1.29, 1.82) is 0 Å². The van der Waals surface area contributed by atoms with Gasteiger partial charge in [0.1, 0.15) is 18.6 Å². The Balaban J connectivity index is 2.00. The van der Waals surface area contributed by atoms with Crippen LogP contribution in [0, 0.1) is 10.1 Å². The molecule has 0 aromatic heterocycles. The summed E-state index contributed by atoms with van der Waals surface area (Å²) >= 11 is 0. The van der Waals surface area contributed by atoms with Gasteiger partial charge in [-0.3, -0.25) is 10.1 Å². The van der Waals surface area contributed by atoms with Crippen molar-refractivity contribution < 1.29 is 28.4 Å². The molecule has 0 saturated carbocycles. The molecule has 0 spiro atoms. The van der Waals surface area contributed by atoms with Crippen molar-refractivity contribution in [3.8, 4) is 11.5 Å². The van der Waals surface area contributed by atoms with Gasteiger partial charge < -0.3 is 23.6 Å². The molecule has 2 aromatic rings. The smallest absolute Gasteiger partial charge is 0.410 e. The van der Waals surface area contributed by atoms with Gasteiger partial charge in [0.15, 0.2) is 5.75 Å². The van der Waals surface area contributed by atoms with Gasteiger partial charge in [-0.2, -0.15) is 0 Å². The Kier molecular flexibility index (Phi) is 10.1. The molecular weight excluding hydrogens is 557 g/mol. The average Bonchev–Trinajstić information content (AvgIpc) is 2.86. The monoisotopic (exact) mass is 600 g/mol. The minimum atomic E-state index is -2.28. The lowest BCUT2D eigenvalue weighted by Gasteiger charge is -2.39. The summed E-state index contributed by atoms with van der Waals surface area (Å²) in [5.74, 6) is 1.00. The molecule has 1 atom stereocenters. The number of hydrogen-bond donors (Lipinski definition) is 0. The van der Waals surface area contributed by atoms with Gasteiger partial charge in [-0.15, -0.1) is 0 Å². The van der Waals surface area contributed by atoms with Crippen LogP contribution in [0.15, 0.2) is 36.4 Å². The van der Waals surface area contributed by atoms with Crippen LogP contribution in [0.4, 0.5) is 10.5 Å². The van der Waals surface area contributed by atoms with Gasteiger partial charge in [0, 0.05) is 27.1 Å². The van der Waals surface area contributed by atoms with Crippen LogP contribution in [-0.4, -0.2) is 51.7 Å². The molecule has 0 radical (unpaired) electrons. The van der Waals surface area contributed by atoms with E-state index in [2.05, 4.69) is 53.5 Å². The minimum Gasteiger partial charge on any atom is -0.541 e. The summed E-state index contributed by atoms with van der Waals surface area (Å²) < 4.78 is 18.6. The molecule has 3 rings (SSSR count). The van der Waals surface area contributed by atoms with Crippen molar-refractivity contribution >= 4 is 34.5 Å². The fourth-order valence-electron chi connectivity index (χ4n) is 4.39. The number of nitrogens with zero attached hydrogens (tertiary/aromatic N) is 2. The van der Waals surface area contributed by atoms with Crippen molar-refractivity contribution in [2.75, 3.05) is 13.2 Å². The summed E-state index contributed by atoms with van der Waals surface area (Å²) in [6.07, 6.45) is 1.08. The first kappa shape index (κ1) is 32.3. The molecule has 0 N–H and O–H groups in total. The molecule has 2 aromatic carbocycles. The number of nitro benzene ring substituents is 1. The lowest BCUT2D eigenvalue weighted by molar-refractivity contribution is -0.385. The number of carbonyl (C=O) groups excluding carboxylic acids is 2. The maximum atomic E-state index is 13.1. The Hall–Kier alpha value is -3.19. The number of nitro groups is 1. The highest BCUT2D eigenvalue weighted by Gasteiger charge is 2.40. The fourth-order valence-corrected chi connectivity index (χ4v) is 6.12. The van der Waals surface area contributed by atoms with Crippen LogP contribution in [-0.2, 0) is 22.6 Å². The summed E-state index contributed by atoms with van der Waals surface area (Å²) in [7, 11) is -3.66. The Bertz CT molecular complexity index is 1270. The van der Waals surface area contributed by atoms with Crippen molar-refractivity contribution in [2.24, 2.45) is 0 Å². The Morgan fingerprint density at radius 3 is 2.41 bits per heavy atom. The predicted octanol–water partition coefficient (Wildman–Crippen LogP) is 7.52. The summed E-state index contributed by atoms with van der Waals surface area (Å²) in [5.41, 5.74) is 2.19. The molecule has 11 heteroatoms. The Labute approximate surface area is 245 Å². The first-order valence-electron chi connectivity index (χ1n) is 14.1. The number of benzene rings is 2. The molecule has 0 aliphatic carbocycles. The van der Waals surface area contributed by atoms with Gasteiger partial charge in [-0.05, 0) is 59.9 Å². The van der Waals surface area contributed by atoms with Crippen molar-refractivity contribution in [1.82, 2.24) is 4.90 Å². The van der Waals surface area contributed by atoms with E-state index in [4.69, 9.17) is 13.9 Å². The Morgan fingerprint density at radius 2 is 1.80 bits per heavy atom. The second-order valence-corrected chi connectivity index (χ2v) is 23.7. The molecular formula is C30H44N2O7Si2. The number of fused-ring (bicyclic) bond motifs is 1. The lowest BCUT2D eigenvalue weighted by atomic mass is 9.90. The van der Waals surface area contributed by atoms with E-state index in [1.807, 2.05) is 12.1 Å². The van der Waals surface area contributed by atoms with E-state index in [1.165, 1.54) is 6.07 Å². The Morgan fingerprint density at radius 1 is 1.12 bits per heavy atom. The predicted molar refractivity (Wildman–Crippen MR) is 165 cm³/mol. The second kappa shape index (κ2) is 12.8. The van der Waals surface area contributed by atoms with E-state index >= 15 is 0 Å². The van der Waals surface area contributed by atoms with Gasteiger partial charge in [0.25, 0.3) is 14.0 Å². The quantitative estimate of drug-likeness (QED) is 0.114. The number of para-hydroxylation sites is 1. The minimum absolute atomic E-state index is 0.0246. The number of carbonyl (C=O) groups is 2. The van der Waals surface area contributed by atoms with Crippen LogP contribution in [0.2, 0.25) is 43.8 Å². The van der Waals surface area contributed by atoms with Gasteiger partial charge in [0.05, 0.1) is 23.1 Å². The van der Waals surface area contributed by atoms with Crippen LogP contribution in [0.1, 0.15) is 49.9 Å². The van der Waals surface area contributed by atoms with Gasteiger partial charge in [0.2, 0.25) is 0 Å². The molecule has 0 bridgehead atoms. The average molecular weight is 601 g/mol. The second-order valence-electron chi connectivity index (χ2n) is 13.3. The molecule has 1 unspecified atom stereocenters. The standard InChI is InChI=1S/C30H44N2O7Si2/c1-30(2,3)41(7,8)39-28-19-22-13-15-31(29(34)37-17-18-40(4,5)6)26(14-16-33)24(22)20-27(28)38-21-23-11-9-10-12-25(23)32(35)36/h9-12,16,19-20,26H,13-15,17-18,21H2,1-8H3. The van der Waals surface area contributed by atoms with Crippen LogP contribution >= 0.6 is 0 Å². The molecule has 1 aliphatic heterocycles. The zero-order valence-corrected chi connectivity index (χ0v) is 27.6. The highest BCUT2D eigenvalue weighted by Crippen LogP contribution is 2.44. The van der Waals surface area contributed by atoms with Crippen LogP contribution in [0.3, 0.4) is 0 Å². The van der Waals surface area contributed by atoms with E-state index in [1.54, 1.807) is 23.1 Å². The van der Waals surface area contributed by atoms with Crippen molar-refractivity contribution in [3.63, 3.8) is 0 Å². The SMILES string of the molecule is CC(C)(C)[Si](C)(C)Oc1cc2c(cc1OCc1ccccc1[N+](=O)[O-])C(CC=O)N(C(=O)OCC[Si](C)(C)C)CC2. The van der Waals surface area contributed by atoms with E-state index in [9.17, 15) is 19.7 Å². The van der Waals surface area contributed by atoms with Crippen molar-refractivity contribution in [3.05, 3.63) is 63.2 Å². The molecule has 0 fully saturated rings. The summed E-state index contributed by atoms with van der Waals surface area (Å²) in [6, 6.07) is 10.6. The van der Waals surface area contributed by atoms with Gasteiger partial charge >= 0.3 is 6.09 Å². The lowest BCUT2D eigenvalue weighted by Crippen LogP contribution is -2.44. The van der Waals surface area contributed by atoms with E-state index in [0.29, 0.717) is 36.6 Å². The molecule has 1 heterocycles. The number of ether oxygens (including phenoxy) is 2. The van der Waals surface area contributed by atoms with Crippen molar-refractivity contribution in [2.45, 2.75) is 90.1 Å². The summed E-state index contributed by atoms with van der Waals surface area (Å²) in [4.78, 5) is 37.7. The number of rotatable bonds is 11. The maximum absolute atomic E-state index is 13.1. The first-order valence-corrected chi connectivity index (χ1v) is 20.7. The first-order chi connectivity index (χ1) is 19.0. The van der Waals surface area contributed by atoms with Crippen LogP contribution < -0.4 is 9.16 Å². The largest absolute Gasteiger partial charge is 0.541 e. The topological polar surface area (TPSA) is 108 Å². The van der Waals surface area contributed by atoms with Crippen LogP contribution in [0.5, 0.6) is 11.5 Å². The van der Waals surface area contributed by atoms with Crippen LogP contribution in [0.25, 0.3) is 0 Å². The van der Waals surface area contributed by atoms with Gasteiger partial charge in [-0.25, -0.2) is 4.79 Å². The van der Waals surface area contributed by atoms with E-state index in [-0.39, 0.29) is 23.8 Å². The number of hydrogen-bond acceptors (Lipinski definition) is 7. The summed E-state index contributed by atoms with van der Waals surface area (Å²) in [6.45, 7) is 18.2. The maximum Gasteiger partial charge on any atom is 0.410 e. The molecule has 9 nitrogen and oxygen atoms in total. The number of aldehydes is 1. The zero-order valence-electron chi connectivity index (χ0n) is 25.6. The highest BCUT2D eigenvalue weighted by atomic mass is 28.4. The fraction of sp³-hybridized carbons (Fsp3) is 0.533. The third-order valence-corrected chi connectivity index (χ3v) is 14.0. The molecule has 1 amide bonds. The normalized spacial score (nSPS) is 15.6. The highest BCUT2D eigenvalue weighted by molar-refractivity contribution is 6.76. The third-order valence-electron chi connectivity index (χ3n) is 7.94. The molecule has 0 saturated heterocycles. The number of amides is 1.